The maximum absolute atomic E-state index is 12.0. The number of carbonyl (C=O) groups excluding carboxylic acids is 1. The molecule has 1 N–H and O–H groups in total. The minimum Gasteiger partial charge on any atom is -0.373 e. The van der Waals surface area contributed by atoms with Gasteiger partial charge in [-0.3, -0.25) is 9.69 Å². The van der Waals surface area contributed by atoms with Crippen LogP contribution in [0, 0.1) is 0 Å². The third kappa shape index (κ3) is 5.94. The lowest BCUT2D eigenvalue weighted by molar-refractivity contribution is -0.121. The lowest BCUT2D eigenvalue weighted by atomic mass is 10.1. The zero-order valence-corrected chi connectivity index (χ0v) is 16.4. The molecule has 1 fully saturated rings. The van der Waals surface area contributed by atoms with Crippen molar-refractivity contribution in [3.05, 3.63) is 57.8 Å². The number of hydrogen-bond acceptors (Lipinski definition) is 4. The second-order valence-corrected chi connectivity index (χ2v) is 8.16. The first kappa shape index (κ1) is 19.1. The third-order valence-electron chi connectivity index (χ3n) is 4.59. The molecule has 0 radical (unpaired) electrons. The molecule has 0 aliphatic carbocycles. The Morgan fingerprint density at radius 2 is 1.85 bits per heavy atom. The quantitative estimate of drug-likeness (QED) is 0.807. The van der Waals surface area contributed by atoms with E-state index in [1.165, 1.54) is 10.4 Å². The van der Waals surface area contributed by atoms with Gasteiger partial charge in [0, 0.05) is 37.5 Å². The van der Waals surface area contributed by atoms with Gasteiger partial charge < -0.3 is 10.1 Å². The topological polar surface area (TPSA) is 41.6 Å². The molecule has 2 aromatic rings. The summed E-state index contributed by atoms with van der Waals surface area (Å²) in [6, 6.07) is 12.7. The summed E-state index contributed by atoms with van der Waals surface area (Å²) in [6.07, 6.45) is 1.95. The molecule has 1 aromatic heterocycles. The summed E-state index contributed by atoms with van der Waals surface area (Å²) in [5.41, 5.74) is 2.45. The van der Waals surface area contributed by atoms with Crippen molar-refractivity contribution in [2.24, 2.45) is 0 Å². The van der Waals surface area contributed by atoms with Crippen molar-refractivity contribution >= 4 is 17.2 Å². The van der Waals surface area contributed by atoms with Crippen LogP contribution >= 0.6 is 11.3 Å². The van der Waals surface area contributed by atoms with Gasteiger partial charge in [-0.2, -0.15) is 0 Å². The summed E-state index contributed by atoms with van der Waals surface area (Å²) in [5, 5.41) is 5.06. The molecule has 4 nitrogen and oxygen atoms in total. The Labute approximate surface area is 160 Å². The van der Waals surface area contributed by atoms with E-state index in [-0.39, 0.29) is 5.91 Å². The second-order valence-electron chi connectivity index (χ2n) is 7.12. The summed E-state index contributed by atoms with van der Waals surface area (Å²) in [4.78, 5) is 15.7. The van der Waals surface area contributed by atoms with Gasteiger partial charge in [-0.25, -0.2) is 0 Å². The average Bonchev–Trinajstić information content (AvgIpc) is 3.12. The Bertz CT molecular complexity index is 675. The summed E-state index contributed by atoms with van der Waals surface area (Å²) in [7, 11) is 0. The van der Waals surface area contributed by atoms with E-state index in [2.05, 4.69) is 54.4 Å². The van der Waals surface area contributed by atoms with Crippen molar-refractivity contribution in [1.29, 1.82) is 0 Å². The number of benzene rings is 1. The van der Waals surface area contributed by atoms with E-state index < -0.39 is 0 Å². The lowest BCUT2D eigenvalue weighted by Gasteiger charge is -2.35. The molecule has 0 bridgehead atoms. The van der Waals surface area contributed by atoms with Gasteiger partial charge in [0.05, 0.1) is 12.2 Å². The number of amides is 1. The van der Waals surface area contributed by atoms with Crippen LogP contribution in [0.1, 0.15) is 36.3 Å². The summed E-state index contributed by atoms with van der Waals surface area (Å²) < 4.78 is 5.79. The van der Waals surface area contributed by atoms with Crippen LogP contribution in [0.15, 0.2) is 41.8 Å². The summed E-state index contributed by atoms with van der Waals surface area (Å²) >= 11 is 1.70. The molecule has 2 atom stereocenters. The highest BCUT2D eigenvalue weighted by Gasteiger charge is 2.21. The minimum absolute atomic E-state index is 0.110. The molecule has 1 aliphatic heterocycles. The van der Waals surface area contributed by atoms with Crippen molar-refractivity contribution in [2.75, 3.05) is 13.1 Å². The van der Waals surface area contributed by atoms with Crippen LogP contribution in [0.25, 0.3) is 0 Å². The molecule has 5 heteroatoms. The number of hydrogen-bond donors (Lipinski definition) is 1. The van der Waals surface area contributed by atoms with Gasteiger partial charge in [0.15, 0.2) is 0 Å². The van der Waals surface area contributed by atoms with E-state index in [1.807, 2.05) is 11.4 Å². The maximum Gasteiger partial charge on any atom is 0.220 e. The Balaban J connectivity index is 1.41. The van der Waals surface area contributed by atoms with E-state index >= 15 is 0 Å². The first-order valence-corrected chi connectivity index (χ1v) is 10.2. The molecular formula is C21H28N2O2S. The summed E-state index contributed by atoms with van der Waals surface area (Å²) in [5.74, 6) is 0.110. The number of aryl methyl sites for hydroxylation is 1. The van der Waals surface area contributed by atoms with Gasteiger partial charge in [0.25, 0.3) is 0 Å². The predicted molar refractivity (Wildman–Crippen MR) is 106 cm³/mol. The highest BCUT2D eigenvalue weighted by Crippen LogP contribution is 2.15. The molecule has 1 amide bonds. The smallest absolute Gasteiger partial charge is 0.220 e. The lowest BCUT2D eigenvalue weighted by Crippen LogP contribution is -2.44. The highest BCUT2D eigenvalue weighted by molar-refractivity contribution is 7.09. The summed E-state index contributed by atoms with van der Waals surface area (Å²) in [6.45, 7) is 7.76. The normalized spacial score (nSPS) is 20.8. The molecule has 3 rings (SSSR count). The van der Waals surface area contributed by atoms with Gasteiger partial charge in [0.2, 0.25) is 5.91 Å². The molecule has 2 unspecified atom stereocenters. The zero-order chi connectivity index (χ0) is 18.4. The second kappa shape index (κ2) is 9.31. The van der Waals surface area contributed by atoms with Gasteiger partial charge in [-0.1, -0.05) is 30.3 Å². The molecule has 0 spiro atoms. The number of nitrogens with one attached hydrogen (secondary N) is 1. The van der Waals surface area contributed by atoms with Gasteiger partial charge in [-0.05, 0) is 42.8 Å². The van der Waals surface area contributed by atoms with Crippen LogP contribution in [0.3, 0.4) is 0 Å². The van der Waals surface area contributed by atoms with Crippen LogP contribution in [0.2, 0.25) is 0 Å². The molecule has 140 valence electrons. The largest absolute Gasteiger partial charge is 0.373 e. The fraction of sp³-hybridized carbons (Fsp3) is 0.476. The first-order valence-electron chi connectivity index (χ1n) is 9.33. The van der Waals surface area contributed by atoms with E-state index in [1.54, 1.807) is 11.3 Å². The van der Waals surface area contributed by atoms with Crippen LogP contribution in [-0.2, 0) is 29.0 Å². The molecule has 26 heavy (non-hydrogen) atoms. The van der Waals surface area contributed by atoms with Crippen LogP contribution in [0.4, 0.5) is 0 Å². The Kier molecular flexibility index (Phi) is 6.83. The van der Waals surface area contributed by atoms with Crippen molar-refractivity contribution < 1.29 is 9.53 Å². The fourth-order valence-electron chi connectivity index (χ4n) is 3.41. The Hall–Kier alpha value is -1.69. The Morgan fingerprint density at radius 3 is 2.50 bits per heavy atom. The highest BCUT2D eigenvalue weighted by atomic mass is 32.1. The SMILES string of the molecule is CC1CN(Cc2ccc(CNC(=O)CCc3cccs3)cc2)CC(C)O1. The fourth-order valence-corrected chi connectivity index (χ4v) is 4.12. The molecule has 2 heterocycles. The third-order valence-corrected chi connectivity index (χ3v) is 5.53. The number of nitrogens with zero attached hydrogens (tertiary/aromatic N) is 1. The standard InChI is InChI=1S/C21H28N2O2S/c1-16-13-23(14-17(2)25-16)15-19-7-5-18(6-8-19)12-22-21(24)10-9-20-4-3-11-26-20/h3-8,11,16-17H,9-10,12-15H2,1-2H3,(H,22,24). The molecule has 1 aliphatic rings. The average molecular weight is 373 g/mol. The van der Waals surface area contributed by atoms with Crippen molar-refractivity contribution in [2.45, 2.75) is 52.0 Å². The predicted octanol–water partition coefficient (Wildman–Crippen LogP) is 3.61. The Morgan fingerprint density at radius 1 is 1.15 bits per heavy atom. The van der Waals surface area contributed by atoms with Crippen molar-refractivity contribution in [3.8, 4) is 0 Å². The monoisotopic (exact) mass is 372 g/mol. The molecule has 0 saturated carbocycles. The van der Waals surface area contributed by atoms with Crippen LogP contribution < -0.4 is 5.32 Å². The maximum atomic E-state index is 12.0. The molecule has 1 saturated heterocycles. The van der Waals surface area contributed by atoms with E-state index in [0.717, 1.165) is 31.6 Å². The van der Waals surface area contributed by atoms with Crippen molar-refractivity contribution in [1.82, 2.24) is 10.2 Å². The van der Waals surface area contributed by atoms with E-state index in [9.17, 15) is 4.79 Å². The van der Waals surface area contributed by atoms with E-state index in [4.69, 9.17) is 4.74 Å². The van der Waals surface area contributed by atoms with Crippen molar-refractivity contribution in [3.63, 3.8) is 0 Å². The number of rotatable bonds is 7. The van der Waals surface area contributed by atoms with Crippen LogP contribution in [0.5, 0.6) is 0 Å². The zero-order valence-electron chi connectivity index (χ0n) is 15.6. The molecule has 1 aromatic carbocycles. The number of ether oxygens (including phenoxy) is 1. The van der Waals surface area contributed by atoms with E-state index in [0.29, 0.717) is 25.2 Å². The van der Waals surface area contributed by atoms with Gasteiger partial charge in [-0.15, -0.1) is 11.3 Å². The molecular weight excluding hydrogens is 344 g/mol. The number of carbonyl (C=O) groups is 1. The first-order chi connectivity index (χ1) is 12.6. The minimum atomic E-state index is 0.110. The van der Waals surface area contributed by atoms with Gasteiger partial charge in [0.1, 0.15) is 0 Å². The number of thiophene rings is 1. The number of morpholine rings is 1. The van der Waals surface area contributed by atoms with Gasteiger partial charge >= 0.3 is 0 Å². The van der Waals surface area contributed by atoms with Crippen LogP contribution in [-0.4, -0.2) is 36.1 Å².